The summed E-state index contributed by atoms with van der Waals surface area (Å²) in [6.45, 7) is 1.96. The standard InChI is InChI=1S/C22H22F3N5O3S/c1-32-19-5-3-2-4-18(19)30-14-26-28-21(30)34-13-20(31)27-16-12-15(22(23,24)25)6-7-17(16)29-8-10-33-11-9-29/h2-7,12,14H,8-11,13H2,1H3,(H,27,31). The molecule has 1 aliphatic rings. The Morgan fingerprint density at radius 3 is 2.68 bits per heavy atom. The zero-order chi connectivity index (χ0) is 24.1. The molecular formula is C22H22F3N5O3S. The highest BCUT2D eigenvalue weighted by atomic mass is 32.2. The zero-order valence-corrected chi connectivity index (χ0v) is 19.0. The van der Waals surface area contributed by atoms with Crippen LogP contribution in [0.25, 0.3) is 5.69 Å². The highest BCUT2D eigenvalue weighted by Crippen LogP contribution is 2.36. The van der Waals surface area contributed by atoms with Crippen molar-refractivity contribution in [3.63, 3.8) is 0 Å². The number of methoxy groups -OCH3 is 1. The molecule has 2 heterocycles. The molecule has 1 fully saturated rings. The molecule has 2 aromatic carbocycles. The van der Waals surface area contributed by atoms with Gasteiger partial charge in [0, 0.05) is 13.1 Å². The first kappa shape index (κ1) is 23.9. The average Bonchev–Trinajstić information content (AvgIpc) is 3.31. The monoisotopic (exact) mass is 493 g/mol. The molecule has 0 bridgehead atoms. The number of carbonyl (C=O) groups is 1. The molecule has 34 heavy (non-hydrogen) atoms. The molecule has 1 amide bonds. The van der Waals surface area contributed by atoms with Crippen LogP contribution in [0.2, 0.25) is 0 Å². The van der Waals surface area contributed by atoms with Crippen LogP contribution in [0.4, 0.5) is 24.5 Å². The van der Waals surface area contributed by atoms with Crippen LogP contribution in [0.1, 0.15) is 5.56 Å². The number of anilines is 2. The summed E-state index contributed by atoms with van der Waals surface area (Å²) in [5.41, 5.74) is 0.495. The number of carbonyl (C=O) groups excluding carboxylic acids is 1. The number of thioether (sulfide) groups is 1. The Bertz CT molecular complexity index is 1150. The van der Waals surface area contributed by atoms with Gasteiger partial charge in [-0.05, 0) is 30.3 Å². The molecule has 8 nitrogen and oxygen atoms in total. The molecule has 1 N–H and O–H groups in total. The molecule has 0 unspecified atom stereocenters. The lowest BCUT2D eigenvalue weighted by Crippen LogP contribution is -2.37. The Morgan fingerprint density at radius 1 is 1.18 bits per heavy atom. The van der Waals surface area contributed by atoms with Gasteiger partial charge in [0.2, 0.25) is 5.91 Å². The maximum absolute atomic E-state index is 13.3. The van der Waals surface area contributed by atoms with E-state index in [4.69, 9.17) is 9.47 Å². The number of ether oxygens (including phenoxy) is 2. The minimum atomic E-state index is -4.52. The van der Waals surface area contributed by atoms with E-state index in [1.54, 1.807) is 17.7 Å². The largest absolute Gasteiger partial charge is 0.495 e. The van der Waals surface area contributed by atoms with Gasteiger partial charge in [-0.15, -0.1) is 10.2 Å². The minimum absolute atomic E-state index is 0.0767. The normalized spacial score (nSPS) is 14.2. The number of nitrogens with one attached hydrogen (secondary N) is 1. The Hall–Kier alpha value is -3.25. The fourth-order valence-corrected chi connectivity index (χ4v) is 4.25. The van der Waals surface area contributed by atoms with Crippen molar-refractivity contribution in [1.82, 2.24) is 14.8 Å². The summed E-state index contributed by atoms with van der Waals surface area (Å²) in [6.07, 6.45) is -3.02. The second kappa shape index (κ2) is 10.3. The van der Waals surface area contributed by atoms with E-state index in [9.17, 15) is 18.0 Å². The number of morpholine rings is 1. The third-order valence-electron chi connectivity index (χ3n) is 5.14. The van der Waals surface area contributed by atoms with Crippen molar-refractivity contribution in [2.24, 2.45) is 0 Å². The van der Waals surface area contributed by atoms with Crippen LogP contribution in [-0.4, -0.2) is 59.8 Å². The van der Waals surface area contributed by atoms with Gasteiger partial charge in [0.25, 0.3) is 0 Å². The number of alkyl halides is 3. The summed E-state index contributed by atoms with van der Waals surface area (Å²) >= 11 is 1.11. The van der Waals surface area contributed by atoms with Crippen molar-refractivity contribution in [1.29, 1.82) is 0 Å². The van der Waals surface area contributed by atoms with E-state index in [-0.39, 0.29) is 11.4 Å². The van der Waals surface area contributed by atoms with E-state index in [1.165, 1.54) is 12.4 Å². The highest BCUT2D eigenvalue weighted by Gasteiger charge is 2.32. The molecule has 0 spiro atoms. The lowest BCUT2D eigenvalue weighted by Gasteiger charge is -2.31. The van der Waals surface area contributed by atoms with Gasteiger partial charge in [0.1, 0.15) is 12.1 Å². The maximum Gasteiger partial charge on any atom is 0.416 e. The number of benzene rings is 2. The molecule has 4 rings (SSSR count). The third kappa shape index (κ3) is 5.45. The molecule has 1 aliphatic heterocycles. The Kier molecular flexibility index (Phi) is 7.27. The van der Waals surface area contributed by atoms with Gasteiger partial charge < -0.3 is 19.7 Å². The summed E-state index contributed by atoms with van der Waals surface area (Å²) in [6, 6.07) is 10.6. The maximum atomic E-state index is 13.3. The van der Waals surface area contributed by atoms with Gasteiger partial charge in [-0.25, -0.2) is 0 Å². The van der Waals surface area contributed by atoms with E-state index in [0.29, 0.717) is 48.6 Å². The van der Waals surface area contributed by atoms with Crippen molar-refractivity contribution in [3.05, 3.63) is 54.4 Å². The lowest BCUT2D eigenvalue weighted by molar-refractivity contribution is -0.137. The van der Waals surface area contributed by atoms with Gasteiger partial charge in [0.05, 0.1) is 48.7 Å². The predicted octanol–water partition coefficient (Wildman–Crippen LogP) is 3.86. The van der Waals surface area contributed by atoms with Crippen LogP contribution in [0, 0.1) is 0 Å². The first-order valence-electron chi connectivity index (χ1n) is 10.4. The minimum Gasteiger partial charge on any atom is -0.495 e. The average molecular weight is 494 g/mol. The van der Waals surface area contributed by atoms with E-state index in [2.05, 4.69) is 15.5 Å². The van der Waals surface area contributed by atoms with Gasteiger partial charge in [-0.2, -0.15) is 13.2 Å². The van der Waals surface area contributed by atoms with E-state index < -0.39 is 17.6 Å². The topological polar surface area (TPSA) is 81.5 Å². The highest BCUT2D eigenvalue weighted by molar-refractivity contribution is 7.99. The molecule has 3 aromatic rings. The molecule has 1 saturated heterocycles. The van der Waals surface area contributed by atoms with Crippen LogP contribution in [-0.2, 0) is 15.7 Å². The number of aromatic nitrogens is 3. The predicted molar refractivity (Wildman–Crippen MR) is 122 cm³/mol. The van der Waals surface area contributed by atoms with Crippen LogP contribution >= 0.6 is 11.8 Å². The molecule has 180 valence electrons. The Labute approximate surface area is 198 Å². The summed E-state index contributed by atoms with van der Waals surface area (Å²) in [5, 5.41) is 11.0. The van der Waals surface area contributed by atoms with E-state index in [1.807, 2.05) is 23.1 Å². The number of hydrogen-bond acceptors (Lipinski definition) is 7. The van der Waals surface area contributed by atoms with Crippen molar-refractivity contribution in [3.8, 4) is 11.4 Å². The van der Waals surface area contributed by atoms with Crippen molar-refractivity contribution in [2.75, 3.05) is 49.4 Å². The molecule has 12 heteroatoms. The lowest BCUT2D eigenvalue weighted by atomic mass is 10.1. The number of para-hydroxylation sites is 2. The number of halogens is 3. The SMILES string of the molecule is COc1ccccc1-n1cnnc1SCC(=O)Nc1cc(C(F)(F)F)ccc1N1CCOCC1. The van der Waals surface area contributed by atoms with Gasteiger partial charge in [-0.1, -0.05) is 23.9 Å². The van der Waals surface area contributed by atoms with Crippen LogP contribution in [0.15, 0.2) is 53.9 Å². The second-order valence-electron chi connectivity index (χ2n) is 7.32. The van der Waals surface area contributed by atoms with E-state index >= 15 is 0 Å². The summed E-state index contributed by atoms with van der Waals surface area (Å²) < 4.78 is 52.3. The second-order valence-corrected chi connectivity index (χ2v) is 8.26. The fourth-order valence-electron chi connectivity index (χ4n) is 3.53. The van der Waals surface area contributed by atoms with Crippen molar-refractivity contribution >= 4 is 29.0 Å². The molecule has 1 aromatic heterocycles. The molecule has 0 atom stereocenters. The molecule has 0 radical (unpaired) electrons. The van der Waals surface area contributed by atoms with Crippen LogP contribution in [0.5, 0.6) is 5.75 Å². The summed E-state index contributed by atoms with van der Waals surface area (Å²) in [4.78, 5) is 14.6. The smallest absolute Gasteiger partial charge is 0.416 e. The molecule has 0 saturated carbocycles. The van der Waals surface area contributed by atoms with Crippen LogP contribution < -0.4 is 15.0 Å². The van der Waals surface area contributed by atoms with Gasteiger partial charge in [-0.3, -0.25) is 9.36 Å². The van der Waals surface area contributed by atoms with Crippen LogP contribution in [0.3, 0.4) is 0 Å². The molecule has 0 aliphatic carbocycles. The Morgan fingerprint density at radius 2 is 1.94 bits per heavy atom. The number of nitrogens with zero attached hydrogens (tertiary/aromatic N) is 4. The van der Waals surface area contributed by atoms with Crippen molar-refractivity contribution in [2.45, 2.75) is 11.3 Å². The summed E-state index contributed by atoms with van der Waals surface area (Å²) in [5.74, 6) is 0.0632. The molecular weight excluding hydrogens is 471 g/mol. The van der Waals surface area contributed by atoms with Gasteiger partial charge in [0.15, 0.2) is 5.16 Å². The number of amides is 1. The quantitative estimate of drug-likeness (QED) is 0.501. The zero-order valence-electron chi connectivity index (χ0n) is 18.2. The Balaban J connectivity index is 1.51. The summed E-state index contributed by atoms with van der Waals surface area (Å²) in [7, 11) is 1.55. The fraction of sp³-hybridized carbons (Fsp3) is 0.318. The first-order chi connectivity index (χ1) is 16.4. The van der Waals surface area contributed by atoms with Gasteiger partial charge >= 0.3 is 6.18 Å². The van der Waals surface area contributed by atoms with E-state index in [0.717, 1.165) is 23.9 Å². The van der Waals surface area contributed by atoms with Crippen molar-refractivity contribution < 1.29 is 27.4 Å². The number of hydrogen-bond donors (Lipinski definition) is 1. The third-order valence-corrected chi connectivity index (χ3v) is 6.09. The number of rotatable bonds is 7. The first-order valence-corrected chi connectivity index (χ1v) is 11.4.